The van der Waals surface area contributed by atoms with Crippen molar-refractivity contribution in [3.8, 4) is 0 Å². The summed E-state index contributed by atoms with van der Waals surface area (Å²) in [5, 5.41) is 0. The third kappa shape index (κ3) is 5.77. The lowest BCUT2D eigenvalue weighted by atomic mass is 9.85. The van der Waals surface area contributed by atoms with E-state index in [0.29, 0.717) is 0 Å². The van der Waals surface area contributed by atoms with Crippen molar-refractivity contribution >= 4 is 6.29 Å². The molecule has 0 amide bonds. The standard InChI is InChI=1S/C22H41N3O/c1-19-4-6-21(7-5-19)25-10-8-20(9-11-25)16-23-12-14-24(15-13-23)17-22(2,3)18-26/h18-21H,4-17H2,1-3H3. The summed E-state index contributed by atoms with van der Waals surface area (Å²) >= 11 is 0. The highest BCUT2D eigenvalue weighted by molar-refractivity contribution is 5.58. The molecule has 150 valence electrons. The molecule has 0 spiro atoms. The average Bonchev–Trinajstić information content (AvgIpc) is 2.65. The molecule has 3 rings (SSSR count). The lowest BCUT2D eigenvalue weighted by Gasteiger charge is -2.42. The van der Waals surface area contributed by atoms with E-state index in [1.54, 1.807) is 0 Å². The average molecular weight is 364 g/mol. The maximum Gasteiger partial charge on any atom is 0.126 e. The van der Waals surface area contributed by atoms with Crippen molar-refractivity contribution < 1.29 is 4.79 Å². The van der Waals surface area contributed by atoms with Gasteiger partial charge in [0.25, 0.3) is 0 Å². The molecule has 0 bridgehead atoms. The van der Waals surface area contributed by atoms with Crippen LogP contribution in [-0.4, -0.2) is 79.4 Å². The van der Waals surface area contributed by atoms with Crippen LogP contribution in [0.25, 0.3) is 0 Å². The van der Waals surface area contributed by atoms with Gasteiger partial charge in [0.2, 0.25) is 0 Å². The highest BCUT2D eigenvalue weighted by Gasteiger charge is 2.30. The molecule has 4 heteroatoms. The molecular weight excluding hydrogens is 322 g/mol. The van der Waals surface area contributed by atoms with E-state index >= 15 is 0 Å². The SMILES string of the molecule is CC1CCC(N2CCC(CN3CCN(CC(C)(C)C=O)CC3)CC2)CC1. The zero-order chi connectivity index (χ0) is 18.6. The Kier molecular flexibility index (Phi) is 7.15. The molecular formula is C22H41N3O. The highest BCUT2D eigenvalue weighted by atomic mass is 16.1. The second-order valence-corrected chi connectivity index (χ2v) is 10.1. The normalized spacial score (nSPS) is 31.2. The van der Waals surface area contributed by atoms with Crippen LogP contribution in [-0.2, 0) is 4.79 Å². The predicted molar refractivity (Wildman–Crippen MR) is 108 cm³/mol. The number of hydrogen-bond donors (Lipinski definition) is 0. The Morgan fingerprint density at radius 3 is 2.00 bits per heavy atom. The largest absolute Gasteiger partial charge is 0.303 e. The van der Waals surface area contributed by atoms with Crippen LogP contribution >= 0.6 is 0 Å². The number of piperazine rings is 1. The minimum absolute atomic E-state index is 0.202. The van der Waals surface area contributed by atoms with Crippen LogP contribution < -0.4 is 0 Å². The highest BCUT2D eigenvalue weighted by Crippen LogP contribution is 2.30. The third-order valence-corrected chi connectivity index (χ3v) is 7.08. The molecule has 0 atom stereocenters. The Bertz CT molecular complexity index is 429. The van der Waals surface area contributed by atoms with Gasteiger partial charge in [0, 0.05) is 50.7 Å². The number of nitrogens with zero attached hydrogens (tertiary/aromatic N) is 3. The molecule has 3 fully saturated rings. The van der Waals surface area contributed by atoms with E-state index in [-0.39, 0.29) is 5.41 Å². The van der Waals surface area contributed by atoms with Crippen molar-refractivity contribution in [2.45, 2.75) is 65.3 Å². The topological polar surface area (TPSA) is 26.8 Å². The monoisotopic (exact) mass is 363 g/mol. The van der Waals surface area contributed by atoms with Crippen molar-refractivity contribution in [1.29, 1.82) is 0 Å². The number of aldehydes is 1. The van der Waals surface area contributed by atoms with Crippen molar-refractivity contribution in [1.82, 2.24) is 14.7 Å². The van der Waals surface area contributed by atoms with Crippen molar-refractivity contribution in [3.63, 3.8) is 0 Å². The first kappa shape index (κ1) is 20.3. The minimum Gasteiger partial charge on any atom is -0.303 e. The van der Waals surface area contributed by atoms with Gasteiger partial charge in [-0.25, -0.2) is 0 Å². The molecule has 0 aromatic rings. The van der Waals surface area contributed by atoms with Crippen LogP contribution in [0, 0.1) is 17.3 Å². The van der Waals surface area contributed by atoms with E-state index in [1.807, 2.05) is 13.8 Å². The summed E-state index contributed by atoms with van der Waals surface area (Å²) in [7, 11) is 0. The molecule has 0 radical (unpaired) electrons. The van der Waals surface area contributed by atoms with E-state index < -0.39 is 0 Å². The fraction of sp³-hybridized carbons (Fsp3) is 0.955. The van der Waals surface area contributed by atoms with Gasteiger partial charge < -0.3 is 14.6 Å². The summed E-state index contributed by atoms with van der Waals surface area (Å²) in [5.41, 5.74) is -0.202. The Morgan fingerprint density at radius 2 is 1.42 bits per heavy atom. The molecule has 26 heavy (non-hydrogen) atoms. The number of carbonyl (C=O) groups excluding carboxylic acids is 1. The fourth-order valence-corrected chi connectivity index (χ4v) is 5.22. The molecule has 1 saturated carbocycles. The van der Waals surface area contributed by atoms with Crippen molar-refractivity contribution in [2.75, 3.05) is 52.4 Å². The molecule has 0 unspecified atom stereocenters. The first-order valence-electron chi connectivity index (χ1n) is 11.1. The van der Waals surface area contributed by atoms with Gasteiger partial charge in [-0.3, -0.25) is 4.90 Å². The van der Waals surface area contributed by atoms with Crippen LogP contribution in [0.3, 0.4) is 0 Å². The van der Waals surface area contributed by atoms with Gasteiger partial charge in [-0.15, -0.1) is 0 Å². The van der Waals surface area contributed by atoms with Crippen LogP contribution in [0.4, 0.5) is 0 Å². The van der Waals surface area contributed by atoms with Gasteiger partial charge in [-0.1, -0.05) is 20.8 Å². The van der Waals surface area contributed by atoms with Crippen LogP contribution in [0.15, 0.2) is 0 Å². The van der Waals surface area contributed by atoms with Gasteiger partial charge in [-0.2, -0.15) is 0 Å². The molecule has 0 aromatic carbocycles. The molecule has 2 saturated heterocycles. The smallest absolute Gasteiger partial charge is 0.126 e. The van der Waals surface area contributed by atoms with Crippen molar-refractivity contribution in [2.24, 2.45) is 17.3 Å². The first-order chi connectivity index (χ1) is 12.4. The molecule has 0 N–H and O–H groups in total. The summed E-state index contributed by atoms with van der Waals surface area (Å²) in [4.78, 5) is 19.1. The van der Waals surface area contributed by atoms with Gasteiger partial charge >= 0.3 is 0 Å². The maximum atomic E-state index is 11.1. The second kappa shape index (κ2) is 9.16. The predicted octanol–water partition coefficient (Wildman–Crippen LogP) is 3.12. The lowest BCUT2D eigenvalue weighted by molar-refractivity contribution is -0.115. The van der Waals surface area contributed by atoms with E-state index in [9.17, 15) is 4.79 Å². The van der Waals surface area contributed by atoms with Crippen LogP contribution in [0.5, 0.6) is 0 Å². The number of hydrogen-bond acceptors (Lipinski definition) is 4. The van der Waals surface area contributed by atoms with E-state index in [2.05, 4.69) is 21.6 Å². The van der Waals surface area contributed by atoms with Crippen LogP contribution in [0.1, 0.15) is 59.3 Å². The van der Waals surface area contributed by atoms with Crippen LogP contribution in [0.2, 0.25) is 0 Å². The summed E-state index contributed by atoms with van der Waals surface area (Å²) in [6.45, 7) is 16.0. The summed E-state index contributed by atoms with van der Waals surface area (Å²) in [6, 6.07) is 0.886. The maximum absolute atomic E-state index is 11.1. The Labute approximate surface area is 161 Å². The number of carbonyl (C=O) groups is 1. The molecule has 3 aliphatic rings. The first-order valence-corrected chi connectivity index (χ1v) is 11.1. The van der Waals surface area contributed by atoms with E-state index in [1.165, 1.54) is 71.2 Å². The van der Waals surface area contributed by atoms with E-state index in [4.69, 9.17) is 0 Å². The summed E-state index contributed by atoms with van der Waals surface area (Å²) in [6.07, 6.45) is 9.65. The van der Waals surface area contributed by atoms with Crippen molar-refractivity contribution in [3.05, 3.63) is 0 Å². The summed E-state index contributed by atoms with van der Waals surface area (Å²) < 4.78 is 0. The third-order valence-electron chi connectivity index (χ3n) is 7.08. The minimum atomic E-state index is -0.202. The number of piperidine rings is 1. The molecule has 4 nitrogen and oxygen atoms in total. The number of rotatable bonds is 6. The second-order valence-electron chi connectivity index (χ2n) is 10.1. The summed E-state index contributed by atoms with van der Waals surface area (Å²) in [5.74, 6) is 1.85. The quantitative estimate of drug-likeness (QED) is 0.678. The molecule has 2 heterocycles. The van der Waals surface area contributed by atoms with E-state index in [0.717, 1.165) is 43.8 Å². The zero-order valence-electron chi connectivity index (χ0n) is 17.5. The zero-order valence-corrected chi connectivity index (χ0v) is 17.5. The van der Waals surface area contributed by atoms with Gasteiger partial charge in [-0.05, 0) is 63.5 Å². The molecule has 1 aliphatic carbocycles. The molecule has 0 aromatic heterocycles. The number of likely N-dealkylation sites (tertiary alicyclic amines) is 1. The van der Waals surface area contributed by atoms with Gasteiger partial charge in [0.15, 0.2) is 0 Å². The Morgan fingerprint density at radius 1 is 0.846 bits per heavy atom. The Balaban J connectivity index is 1.33. The molecule has 2 aliphatic heterocycles. The lowest BCUT2D eigenvalue weighted by Crippen LogP contribution is -2.51. The van der Waals surface area contributed by atoms with Gasteiger partial charge in [0.1, 0.15) is 6.29 Å². The van der Waals surface area contributed by atoms with Gasteiger partial charge in [0.05, 0.1) is 0 Å². The fourth-order valence-electron chi connectivity index (χ4n) is 5.22. The Hall–Kier alpha value is -0.450.